The van der Waals surface area contributed by atoms with Gasteiger partial charge in [-0.2, -0.15) is 0 Å². The van der Waals surface area contributed by atoms with Crippen molar-refractivity contribution < 1.29 is 4.74 Å². The maximum atomic E-state index is 5.63. The van der Waals surface area contributed by atoms with Gasteiger partial charge in [-0.15, -0.1) is 0 Å². The minimum Gasteiger partial charge on any atom is -0.497 e. The number of rotatable bonds is 10. The SMILES string of the molecule is COc1ccc([Si](=[Si][Si](C(C)C)([Si](C)(C)C)[Si](C)(C)C)[Si](C(C)C)([Si](C)(C)C)[Si](C)(C)C)cc1. The molecule has 0 aromatic heterocycles. The molecule has 1 aromatic rings. The van der Waals surface area contributed by atoms with Crippen LogP contribution < -0.4 is 9.92 Å². The lowest BCUT2D eigenvalue weighted by Gasteiger charge is -2.58. The van der Waals surface area contributed by atoms with Crippen molar-refractivity contribution in [2.75, 3.05) is 7.11 Å². The highest BCUT2D eigenvalue weighted by molar-refractivity contribution is 7.96. The predicted molar refractivity (Wildman–Crippen MR) is 179 cm³/mol. The molecule has 0 atom stereocenters. The Balaban J connectivity index is 4.48. The van der Waals surface area contributed by atoms with Crippen LogP contribution in [0.3, 0.4) is 0 Å². The molecule has 1 rings (SSSR count). The molecule has 0 aliphatic heterocycles. The van der Waals surface area contributed by atoms with E-state index in [1.54, 1.807) is 5.19 Å². The first-order valence-electron chi connectivity index (χ1n) is 13.3. The lowest BCUT2D eigenvalue weighted by molar-refractivity contribution is 0.415. The van der Waals surface area contributed by atoms with Gasteiger partial charge in [-0.1, -0.05) is 135 Å². The minimum absolute atomic E-state index is 0.658. The fourth-order valence-electron chi connectivity index (χ4n) is 8.63. The summed E-state index contributed by atoms with van der Waals surface area (Å²) in [7, 11) is -2.95. The van der Waals surface area contributed by atoms with Crippen molar-refractivity contribution in [3.8, 4) is 5.75 Å². The fourth-order valence-corrected chi connectivity index (χ4v) is 223. The zero-order valence-electron chi connectivity index (χ0n) is 25.9. The van der Waals surface area contributed by atoms with Gasteiger partial charge in [0.2, 0.25) is 0 Å². The molecule has 34 heavy (non-hydrogen) atoms. The maximum Gasteiger partial charge on any atom is 0.118 e. The molecule has 0 heterocycles. The molecule has 0 saturated carbocycles. The standard InChI is InChI=1S/C25H57OSi8/c1-22(2)33(29(6,7)8,30(9,10)11)27-28(25-20-18-24(26-5)19-21-25)34(23(3)4,31(12,13)14)32(15,16)17/h18-23H,1-17H3. The summed E-state index contributed by atoms with van der Waals surface area (Å²) in [5.41, 5.74) is 1.79. The molecule has 195 valence electrons. The van der Waals surface area contributed by atoms with Crippen molar-refractivity contribution >= 4 is 64.3 Å². The van der Waals surface area contributed by atoms with Crippen LogP contribution in [0.2, 0.25) is 89.6 Å². The lowest BCUT2D eigenvalue weighted by Crippen LogP contribution is -2.84. The second kappa shape index (κ2) is 10.9. The van der Waals surface area contributed by atoms with Crippen molar-refractivity contribution in [1.82, 2.24) is 0 Å². The van der Waals surface area contributed by atoms with Crippen molar-refractivity contribution in [3.63, 3.8) is 0 Å². The summed E-state index contributed by atoms with van der Waals surface area (Å²) >= 11 is 0. The van der Waals surface area contributed by atoms with E-state index in [4.69, 9.17) is 4.74 Å². The Kier molecular flexibility index (Phi) is 10.5. The van der Waals surface area contributed by atoms with Crippen molar-refractivity contribution in [3.05, 3.63) is 24.3 Å². The molecule has 0 saturated heterocycles. The first kappa shape index (κ1) is 32.8. The van der Waals surface area contributed by atoms with Crippen LogP contribution in [0.5, 0.6) is 5.75 Å². The van der Waals surface area contributed by atoms with Crippen molar-refractivity contribution in [2.45, 2.75) is 117 Å². The van der Waals surface area contributed by atoms with Crippen LogP contribution in [0.1, 0.15) is 27.7 Å². The highest BCUT2D eigenvalue weighted by Crippen LogP contribution is 2.41. The van der Waals surface area contributed by atoms with E-state index in [1.165, 1.54) is 8.13 Å². The summed E-state index contributed by atoms with van der Waals surface area (Å²) in [5.74, 6) is 1.02. The number of ether oxygens (including phenoxy) is 1. The Morgan fingerprint density at radius 1 is 0.618 bits per heavy atom. The van der Waals surface area contributed by atoms with Crippen molar-refractivity contribution in [2.24, 2.45) is 0 Å². The van der Waals surface area contributed by atoms with Gasteiger partial charge in [0.1, 0.15) is 5.75 Å². The van der Waals surface area contributed by atoms with Gasteiger partial charge < -0.3 is 4.74 Å². The summed E-state index contributed by atoms with van der Waals surface area (Å²) in [6.07, 6.45) is 0. The van der Waals surface area contributed by atoms with E-state index in [2.05, 4.69) is 131 Å². The van der Waals surface area contributed by atoms with Gasteiger partial charge in [0.15, 0.2) is 0 Å². The molecule has 0 aliphatic carbocycles. The van der Waals surface area contributed by atoms with Crippen LogP contribution in [0.15, 0.2) is 24.3 Å². The second-order valence-electron chi connectivity index (χ2n) is 15.2. The monoisotopic (exact) mass is 597 g/mol. The van der Waals surface area contributed by atoms with E-state index in [0.29, 0.717) is 0 Å². The van der Waals surface area contributed by atoms with E-state index < -0.39 is 51.0 Å². The van der Waals surface area contributed by atoms with E-state index in [0.717, 1.165) is 16.8 Å². The quantitative estimate of drug-likeness (QED) is 0.253. The Morgan fingerprint density at radius 2 is 1.00 bits per heavy atom. The summed E-state index contributed by atoms with van der Waals surface area (Å²) in [6.45, 7) is 41.0. The summed E-state index contributed by atoms with van der Waals surface area (Å²) in [4.78, 5) is 0. The molecule has 9 heteroatoms. The topological polar surface area (TPSA) is 9.23 Å². The van der Waals surface area contributed by atoms with Crippen LogP contribution in [-0.4, -0.2) is 66.3 Å². The van der Waals surface area contributed by atoms with Crippen LogP contribution in [-0.2, 0) is 0 Å². The molecule has 0 bridgehead atoms. The number of methoxy groups -OCH3 is 1. The second-order valence-corrected chi connectivity index (χ2v) is 89.0. The normalized spacial score (nSPS) is 15.3. The van der Waals surface area contributed by atoms with E-state index in [-0.39, 0.29) is 0 Å². The van der Waals surface area contributed by atoms with E-state index in [9.17, 15) is 0 Å². The van der Waals surface area contributed by atoms with Crippen LogP contribution in [0, 0.1) is 0 Å². The lowest BCUT2D eigenvalue weighted by atomic mass is 10.3. The largest absolute Gasteiger partial charge is 0.497 e. The zero-order valence-corrected chi connectivity index (χ0v) is 33.9. The third-order valence-corrected chi connectivity index (χ3v) is 151. The van der Waals surface area contributed by atoms with Gasteiger partial charge in [0.05, 0.1) is 20.4 Å². The smallest absolute Gasteiger partial charge is 0.118 e. The third kappa shape index (κ3) is 5.76. The summed E-state index contributed by atoms with van der Waals surface area (Å²) < 4.78 is 5.63. The van der Waals surface area contributed by atoms with Crippen LogP contribution in [0.25, 0.3) is 0 Å². The van der Waals surface area contributed by atoms with Crippen molar-refractivity contribution in [1.29, 1.82) is 0 Å². The molecule has 1 nitrogen and oxygen atoms in total. The third-order valence-electron chi connectivity index (χ3n) is 8.56. The average Bonchev–Trinajstić information content (AvgIpc) is 2.59. The van der Waals surface area contributed by atoms with Gasteiger partial charge in [-0.05, 0) is 20.3 Å². The van der Waals surface area contributed by atoms with Gasteiger partial charge in [0.25, 0.3) is 0 Å². The van der Waals surface area contributed by atoms with Crippen LogP contribution >= 0.6 is 0 Å². The highest BCUT2D eigenvalue weighted by atomic mass is 30.1. The van der Waals surface area contributed by atoms with Gasteiger partial charge in [0, 0.05) is 37.8 Å². The van der Waals surface area contributed by atoms with Gasteiger partial charge in [-0.3, -0.25) is 0 Å². The average molecular weight is 598 g/mol. The molecule has 0 aliphatic rings. The molecule has 0 spiro atoms. The number of hydrogen-bond acceptors (Lipinski definition) is 1. The Hall–Kier alpha value is 0.755. The fraction of sp³-hybridized carbons (Fsp3) is 0.760. The van der Waals surface area contributed by atoms with Crippen LogP contribution in [0.4, 0.5) is 0 Å². The summed E-state index contributed by atoms with van der Waals surface area (Å²) in [5, 5.41) is 1.78. The zero-order chi connectivity index (χ0) is 27.1. The Morgan fingerprint density at radius 3 is 1.24 bits per heavy atom. The van der Waals surface area contributed by atoms with E-state index >= 15 is 0 Å². The Labute approximate surface area is 222 Å². The Bertz CT molecular complexity index is 819. The minimum atomic E-state index is -1.56. The predicted octanol–water partition coefficient (Wildman–Crippen LogP) is 7.56. The molecule has 1 aromatic carbocycles. The number of hydrogen-bond donors (Lipinski definition) is 0. The first-order chi connectivity index (χ1) is 15.0. The molecular weight excluding hydrogens is 541 g/mol. The first-order valence-corrected chi connectivity index (χ1v) is 41.0. The molecule has 1 radical (unpaired) electrons. The van der Waals surface area contributed by atoms with E-state index in [1.807, 2.05) is 7.11 Å². The molecule has 0 amide bonds. The molecule has 0 unspecified atom stereocenters. The summed E-state index contributed by atoms with van der Waals surface area (Å²) in [6, 6.07) is 9.66. The van der Waals surface area contributed by atoms with Gasteiger partial charge >= 0.3 is 0 Å². The number of benzene rings is 1. The van der Waals surface area contributed by atoms with Gasteiger partial charge in [-0.25, -0.2) is 0 Å². The molecule has 0 fully saturated rings. The maximum absolute atomic E-state index is 5.63. The molecule has 0 N–H and O–H groups in total. The molecular formula is C25H57OSi8. The highest BCUT2D eigenvalue weighted by Gasteiger charge is 2.61.